The zero-order valence-corrected chi connectivity index (χ0v) is 17.1. The second kappa shape index (κ2) is 9.81. The highest BCUT2D eigenvalue weighted by molar-refractivity contribution is 14.0. The molecule has 1 unspecified atom stereocenters. The van der Waals surface area contributed by atoms with Gasteiger partial charge in [0.05, 0.1) is 18.5 Å². The summed E-state index contributed by atoms with van der Waals surface area (Å²) >= 11 is 0. The van der Waals surface area contributed by atoms with Gasteiger partial charge in [-0.05, 0) is 38.1 Å². The van der Waals surface area contributed by atoms with Gasteiger partial charge in [0.25, 0.3) is 0 Å². The first-order valence-corrected chi connectivity index (χ1v) is 8.46. The van der Waals surface area contributed by atoms with Gasteiger partial charge in [0.15, 0.2) is 5.96 Å². The number of nitrogens with one attached hydrogen (secondary N) is 2. The Labute approximate surface area is 165 Å². The summed E-state index contributed by atoms with van der Waals surface area (Å²) < 4.78 is 7.45. The van der Waals surface area contributed by atoms with E-state index in [9.17, 15) is 0 Å². The van der Waals surface area contributed by atoms with Gasteiger partial charge in [0, 0.05) is 38.9 Å². The summed E-state index contributed by atoms with van der Waals surface area (Å²) in [6.45, 7) is 3.70. The molecule has 0 saturated carbocycles. The average molecular weight is 458 g/mol. The van der Waals surface area contributed by atoms with Crippen molar-refractivity contribution in [2.24, 2.45) is 12.0 Å². The summed E-state index contributed by atoms with van der Waals surface area (Å²) in [5.74, 6) is 1.79. The maximum atomic E-state index is 5.65. The van der Waals surface area contributed by atoms with Crippen molar-refractivity contribution in [3.63, 3.8) is 0 Å². The molecule has 8 heteroatoms. The van der Waals surface area contributed by atoms with Crippen LogP contribution in [0.1, 0.15) is 30.2 Å². The predicted octanol–water partition coefficient (Wildman–Crippen LogP) is 2.13. The molecule has 1 atom stereocenters. The lowest BCUT2D eigenvalue weighted by molar-refractivity contribution is 0.215. The van der Waals surface area contributed by atoms with Crippen LogP contribution in [0.4, 0.5) is 0 Å². The Morgan fingerprint density at radius 3 is 2.76 bits per heavy atom. The van der Waals surface area contributed by atoms with Crippen molar-refractivity contribution >= 4 is 29.9 Å². The van der Waals surface area contributed by atoms with Crippen molar-refractivity contribution < 1.29 is 4.42 Å². The maximum absolute atomic E-state index is 5.65. The Balaban J connectivity index is 0.00000225. The molecule has 138 valence electrons. The number of guanidine groups is 1. The third-order valence-electron chi connectivity index (χ3n) is 4.36. The lowest BCUT2D eigenvalue weighted by Crippen LogP contribution is -2.42. The molecule has 2 N–H and O–H groups in total. The van der Waals surface area contributed by atoms with E-state index in [2.05, 4.69) is 31.7 Å². The number of aliphatic imine (C=N–C) groups is 1. The van der Waals surface area contributed by atoms with Gasteiger partial charge >= 0.3 is 0 Å². The number of hydrogen-bond donors (Lipinski definition) is 2. The number of hydrogen-bond acceptors (Lipinski definition) is 4. The standard InChI is InChI=1S/C17H26N6O.HI/c1-18-17(19-10-14-11-21-22(2)13-14)20-12-15(16-6-5-9-24-16)23-7-3-4-8-23;/h5-6,9,11,13,15H,3-4,7-8,10,12H2,1-2H3,(H2,18,19,20);1H. The number of halogens is 1. The van der Waals surface area contributed by atoms with E-state index in [0.29, 0.717) is 6.54 Å². The van der Waals surface area contributed by atoms with E-state index >= 15 is 0 Å². The van der Waals surface area contributed by atoms with E-state index in [0.717, 1.165) is 36.9 Å². The van der Waals surface area contributed by atoms with Crippen molar-refractivity contribution in [2.75, 3.05) is 26.7 Å². The minimum absolute atomic E-state index is 0. The maximum Gasteiger partial charge on any atom is 0.191 e. The third-order valence-corrected chi connectivity index (χ3v) is 4.36. The number of nitrogens with zero attached hydrogens (tertiary/aromatic N) is 4. The molecule has 0 aromatic carbocycles. The van der Waals surface area contributed by atoms with Gasteiger partial charge in [-0.25, -0.2) is 0 Å². The molecule has 2 aromatic rings. The number of furan rings is 1. The number of aryl methyl sites for hydroxylation is 1. The van der Waals surface area contributed by atoms with Crippen LogP contribution in [-0.2, 0) is 13.6 Å². The summed E-state index contributed by atoms with van der Waals surface area (Å²) in [6.07, 6.45) is 8.11. The molecular weight excluding hydrogens is 431 g/mol. The number of rotatable bonds is 6. The fourth-order valence-corrected chi connectivity index (χ4v) is 3.11. The first-order chi connectivity index (χ1) is 11.8. The van der Waals surface area contributed by atoms with Crippen molar-refractivity contribution in [2.45, 2.75) is 25.4 Å². The van der Waals surface area contributed by atoms with E-state index in [1.165, 1.54) is 12.8 Å². The zero-order valence-electron chi connectivity index (χ0n) is 14.8. The van der Waals surface area contributed by atoms with Crippen LogP contribution in [0.3, 0.4) is 0 Å². The minimum Gasteiger partial charge on any atom is -0.468 e. The van der Waals surface area contributed by atoms with E-state index in [4.69, 9.17) is 4.42 Å². The summed E-state index contributed by atoms with van der Waals surface area (Å²) in [5.41, 5.74) is 1.13. The molecule has 1 aliphatic rings. The molecule has 2 aromatic heterocycles. The third kappa shape index (κ3) is 5.46. The van der Waals surface area contributed by atoms with Crippen molar-refractivity contribution in [3.05, 3.63) is 42.1 Å². The Bertz CT molecular complexity index is 648. The average Bonchev–Trinajstić information content (AvgIpc) is 3.33. The zero-order chi connectivity index (χ0) is 16.8. The van der Waals surface area contributed by atoms with Crippen LogP contribution < -0.4 is 10.6 Å². The van der Waals surface area contributed by atoms with Crippen molar-refractivity contribution in [3.8, 4) is 0 Å². The molecule has 1 fully saturated rings. The van der Waals surface area contributed by atoms with Gasteiger partial charge in [-0.2, -0.15) is 5.10 Å². The molecule has 0 spiro atoms. The first-order valence-electron chi connectivity index (χ1n) is 8.46. The summed E-state index contributed by atoms with van der Waals surface area (Å²) in [7, 11) is 3.71. The lowest BCUT2D eigenvalue weighted by Gasteiger charge is -2.26. The fourth-order valence-electron chi connectivity index (χ4n) is 3.11. The highest BCUT2D eigenvalue weighted by Gasteiger charge is 2.25. The molecule has 3 rings (SSSR count). The molecule has 25 heavy (non-hydrogen) atoms. The topological polar surface area (TPSA) is 70.6 Å². The lowest BCUT2D eigenvalue weighted by atomic mass is 10.2. The highest BCUT2D eigenvalue weighted by Crippen LogP contribution is 2.24. The summed E-state index contributed by atoms with van der Waals surface area (Å²) in [5, 5.41) is 10.9. The summed E-state index contributed by atoms with van der Waals surface area (Å²) in [4.78, 5) is 6.78. The van der Waals surface area contributed by atoms with Crippen LogP contribution in [0.2, 0.25) is 0 Å². The van der Waals surface area contributed by atoms with Crippen molar-refractivity contribution in [1.29, 1.82) is 0 Å². The largest absolute Gasteiger partial charge is 0.468 e. The second-order valence-corrected chi connectivity index (χ2v) is 6.10. The van der Waals surface area contributed by atoms with Crippen LogP contribution in [0.5, 0.6) is 0 Å². The highest BCUT2D eigenvalue weighted by atomic mass is 127. The first kappa shape index (κ1) is 19.8. The van der Waals surface area contributed by atoms with Gasteiger partial charge in [0.2, 0.25) is 0 Å². The fraction of sp³-hybridized carbons (Fsp3) is 0.529. The van der Waals surface area contributed by atoms with E-state index in [1.807, 2.05) is 25.5 Å². The van der Waals surface area contributed by atoms with E-state index in [1.54, 1.807) is 18.0 Å². The van der Waals surface area contributed by atoms with Crippen LogP contribution in [0, 0.1) is 0 Å². The molecule has 0 aliphatic carbocycles. The normalized spacial score (nSPS) is 16.5. The SMILES string of the molecule is CN=C(NCc1cnn(C)c1)NCC(c1ccco1)N1CCCC1.I. The Kier molecular flexibility index (Phi) is 7.76. The van der Waals surface area contributed by atoms with Crippen LogP contribution in [0.25, 0.3) is 0 Å². The Morgan fingerprint density at radius 1 is 1.36 bits per heavy atom. The van der Waals surface area contributed by atoms with Gasteiger partial charge in [-0.1, -0.05) is 0 Å². The van der Waals surface area contributed by atoms with Crippen LogP contribution in [-0.4, -0.2) is 47.3 Å². The number of likely N-dealkylation sites (tertiary alicyclic amines) is 1. The van der Waals surface area contributed by atoms with E-state index < -0.39 is 0 Å². The second-order valence-electron chi connectivity index (χ2n) is 6.10. The van der Waals surface area contributed by atoms with Crippen molar-refractivity contribution in [1.82, 2.24) is 25.3 Å². The van der Waals surface area contributed by atoms with Gasteiger partial charge < -0.3 is 15.1 Å². The molecule has 1 aliphatic heterocycles. The Hall–Kier alpha value is -1.55. The molecule has 7 nitrogen and oxygen atoms in total. The molecule has 0 radical (unpaired) electrons. The van der Waals surface area contributed by atoms with Crippen LogP contribution >= 0.6 is 24.0 Å². The molecule has 0 amide bonds. The van der Waals surface area contributed by atoms with Crippen LogP contribution in [0.15, 0.2) is 40.2 Å². The van der Waals surface area contributed by atoms with Gasteiger partial charge in [0.1, 0.15) is 5.76 Å². The summed E-state index contributed by atoms with van der Waals surface area (Å²) in [6, 6.07) is 4.24. The predicted molar refractivity (Wildman–Crippen MR) is 109 cm³/mol. The molecular formula is C17H27IN6O. The van der Waals surface area contributed by atoms with Gasteiger partial charge in [-0.15, -0.1) is 24.0 Å². The molecule has 0 bridgehead atoms. The molecule has 3 heterocycles. The smallest absolute Gasteiger partial charge is 0.191 e. The quantitative estimate of drug-likeness (QED) is 0.395. The molecule has 1 saturated heterocycles. The van der Waals surface area contributed by atoms with Gasteiger partial charge in [-0.3, -0.25) is 14.6 Å². The minimum atomic E-state index is 0. The number of aromatic nitrogens is 2. The Morgan fingerprint density at radius 2 is 2.16 bits per heavy atom. The monoisotopic (exact) mass is 458 g/mol. The van der Waals surface area contributed by atoms with E-state index in [-0.39, 0.29) is 30.0 Å².